The van der Waals surface area contributed by atoms with Gasteiger partial charge in [-0.1, -0.05) is 6.07 Å². The number of aromatic amines is 1. The molecule has 5 N–H and O–H groups in total. The Hall–Kier alpha value is -4.71. The zero-order chi connectivity index (χ0) is 26.2. The first-order chi connectivity index (χ1) is 18.0. The van der Waals surface area contributed by atoms with Gasteiger partial charge in [0.25, 0.3) is 5.95 Å². The second-order valence-corrected chi connectivity index (χ2v) is 7.82. The highest BCUT2D eigenvalue weighted by atomic mass is 16.5. The lowest BCUT2D eigenvalue weighted by Gasteiger charge is -2.20. The maximum atomic E-state index is 12.8. The van der Waals surface area contributed by atoms with Gasteiger partial charge in [0.1, 0.15) is 18.5 Å². The van der Waals surface area contributed by atoms with Crippen molar-refractivity contribution in [3.8, 4) is 17.4 Å². The number of nitrogens with one attached hydrogen (secondary N) is 3. The minimum absolute atomic E-state index is 0.0283. The summed E-state index contributed by atoms with van der Waals surface area (Å²) in [6, 6.07) is 13.6. The minimum Gasteiger partial charge on any atom is -0.490 e. The fourth-order valence-corrected chi connectivity index (χ4v) is 3.56. The smallest absolute Gasteiger partial charge is 0.350 e. The van der Waals surface area contributed by atoms with E-state index in [4.69, 9.17) is 25.4 Å². The molecule has 37 heavy (non-hydrogen) atoms. The molecule has 0 aliphatic rings. The molecule has 1 atom stereocenters. The van der Waals surface area contributed by atoms with E-state index in [1.54, 1.807) is 43.5 Å². The molecule has 2 heterocycles. The lowest BCUT2D eigenvalue weighted by Crippen LogP contribution is -2.18. The molecule has 0 radical (unpaired) electrons. The Morgan fingerprint density at radius 2 is 1.86 bits per heavy atom. The van der Waals surface area contributed by atoms with E-state index in [9.17, 15) is 4.79 Å². The summed E-state index contributed by atoms with van der Waals surface area (Å²) >= 11 is 0. The summed E-state index contributed by atoms with van der Waals surface area (Å²) < 4.78 is 17.8. The van der Waals surface area contributed by atoms with Crippen molar-refractivity contribution in [3.05, 3.63) is 88.4 Å². The number of amidine groups is 1. The normalized spacial score (nSPS) is 11.6. The second-order valence-electron chi connectivity index (χ2n) is 7.82. The molecule has 0 amide bonds. The van der Waals surface area contributed by atoms with Gasteiger partial charge in [0.05, 0.1) is 13.2 Å². The van der Waals surface area contributed by atoms with E-state index < -0.39 is 11.7 Å². The van der Waals surface area contributed by atoms with Crippen molar-refractivity contribution in [2.24, 2.45) is 5.73 Å². The number of aromatic nitrogens is 5. The van der Waals surface area contributed by atoms with Crippen LogP contribution >= 0.6 is 0 Å². The molecule has 12 heteroatoms. The largest absolute Gasteiger partial charge is 0.490 e. The molecule has 2 aromatic carbocycles. The number of methoxy groups -OCH3 is 1. The van der Waals surface area contributed by atoms with Crippen molar-refractivity contribution in [1.82, 2.24) is 24.7 Å². The predicted molar refractivity (Wildman–Crippen MR) is 138 cm³/mol. The van der Waals surface area contributed by atoms with E-state index in [-0.39, 0.29) is 11.8 Å². The van der Waals surface area contributed by atoms with Crippen LogP contribution in [0.2, 0.25) is 0 Å². The fourth-order valence-electron chi connectivity index (χ4n) is 3.56. The van der Waals surface area contributed by atoms with Crippen LogP contribution in [0.4, 0.5) is 5.69 Å². The number of hydrogen-bond acceptors (Lipinski definition) is 9. The lowest BCUT2D eigenvalue weighted by atomic mass is 10.0. The highest BCUT2D eigenvalue weighted by molar-refractivity contribution is 5.95. The molecule has 0 saturated carbocycles. The highest BCUT2D eigenvalue weighted by Gasteiger charge is 2.23. The fraction of sp³-hybridized carbons (Fsp3) is 0.240. The van der Waals surface area contributed by atoms with E-state index in [0.717, 1.165) is 15.9 Å². The Labute approximate surface area is 213 Å². The van der Waals surface area contributed by atoms with Gasteiger partial charge in [-0.15, -0.1) is 9.78 Å². The Morgan fingerprint density at radius 1 is 1.11 bits per heavy atom. The van der Waals surface area contributed by atoms with Crippen LogP contribution in [-0.4, -0.2) is 57.5 Å². The number of nitrogens with two attached hydrogens (primary N) is 1. The third-order valence-corrected chi connectivity index (χ3v) is 5.30. The van der Waals surface area contributed by atoms with Gasteiger partial charge in [-0.2, -0.15) is 0 Å². The predicted octanol–water partition coefficient (Wildman–Crippen LogP) is 2.26. The molecule has 0 fully saturated rings. The van der Waals surface area contributed by atoms with Crippen LogP contribution in [0.25, 0.3) is 5.95 Å². The van der Waals surface area contributed by atoms with Crippen LogP contribution in [0.15, 0.2) is 65.7 Å². The number of hydrogen-bond donors (Lipinski definition) is 4. The third kappa shape index (κ3) is 6.11. The maximum Gasteiger partial charge on any atom is 0.350 e. The van der Waals surface area contributed by atoms with E-state index >= 15 is 0 Å². The number of rotatable bonds is 12. The van der Waals surface area contributed by atoms with E-state index in [0.29, 0.717) is 42.7 Å². The Morgan fingerprint density at radius 3 is 2.54 bits per heavy atom. The third-order valence-electron chi connectivity index (χ3n) is 5.30. The van der Waals surface area contributed by atoms with Gasteiger partial charge in [-0.05, 0) is 55.0 Å². The molecule has 0 saturated heterocycles. The van der Waals surface area contributed by atoms with Crippen molar-refractivity contribution in [2.45, 2.75) is 13.0 Å². The topological polar surface area (TPSA) is 166 Å². The molecule has 1 unspecified atom stereocenters. The van der Waals surface area contributed by atoms with Gasteiger partial charge in [0.15, 0.2) is 17.3 Å². The van der Waals surface area contributed by atoms with Crippen LogP contribution in [0, 0.1) is 5.41 Å². The van der Waals surface area contributed by atoms with E-state index in [1.165, 1.54) is 12.4 Å². The van der Waals surface area contributed by atoms with Crippen molar-refractivity contribution >= 4 is 11.5 Å². The van der Waals surface area contributed by atoms with Gasteiger partial charge < -0.3 is 25.3 Å². The Kier molecular flexibility index (Phi) is 8.11. The summed E-state index contributed by atoms with van der Waals surface area (Å²) in [4.78, 5) is 23.8. The number of ether oxygens (including phenoxy) is 3. The molecule has 4 rings (SSSR count). The highest BCUT2D eigenvalue weighted by Crippen LogP contribution is 2.33. The van der Waals surface area contributed by atoms with Gasteiger partial charge in [0.2, 0.25) is 0 Å². The lowest BCUT2D eigenvalue weighted by molar-refractivity contribution is 0.143. The number of nitrogens with zero attached hydrogens (tertiary/aromatic N) is 4. The van der Waals surface area contributed by atoms with Crippen LogP contribution in [0.1, 0.15) is 29.9 Å². The summed E-state index contributed by atoms with van der Waals surface area (Å²) in [7, 11) is 1.61. The minimum atomic E-state index is -0.590. The first kappa shape index (κ1) is 25.4. The number of H-pyrrole nitrogens is 1. The average Bonchev–Trinajstić information content (AvgIpc) is 3.30. The first-order valence-electron chi connectivity index (χ1n) is 11.6. The van der Waals surface area contributed by atoms with Gasteiger partial charge in [0, 0.05) is 30.8 Å². The van der Waals surface area contributed by atoms with Crippen LogP contribution in [0.3, 0.4) is 0 Å². The molecule has 192 valence electrons. The Balaban J connectivity index is 1.75. The van der Waals surface area contributed by atoms with Gasteiger partial charge >= 0.3 is 5.69 Å². The average molecular weight is 505 g/mol. The second kappa shape index (κ2) is 11.8. The van der Waals surface area contributed by atoms with Gasteiger partial charge in [-0.25, -0.2) is 14.8 Å². The summed E-state index contributed by atoms with van der Waals surface area (Å²) in [6.07, 6.45) is 3.07. The van der Waals surface area contributed by atoms with Crippen molar-refractivity contribution in [2.75, 3.05) is 32.2 Å². The number of anilines is 1. The number of benzene rings is 2. The maximum absolute atomic E-state index is 12.8. The molecular formula is C25H28N8O4. The van der Waals surface area contributed by atoms with Crippen LogP contribution < -0.4 is 26.2 Å². The standard InChI is InChI=1S/C25H28N8O4/c1-3-36-20-15-17(7-10-19(20)37-14-13-35-2)21(30-18-8-5-16(6-9-18)22(26)27)23-31-25(34)33(32-23)24-28-11-4-12-29-24/h4-12,15,21,30H,3,13-14H2,1-2H3,(H3,26,27)(H,31,32,34). The summed E-state index contributed by atoms with van der Waals surface area (Å²) in [5.74, 6) is 1.58. The summed E-state index contributed by atoms with van der Waals surface area (Å²) in [5.41, 5.74) is 7.18. The van der Waals surface area contributed by atoms with E-state index in [1.807, 2.05) is 19.1 Å². The zero-order valence-corrected chi connectivity index (χ0v) is 20.5. The first-order valence-corrected chi connectivity index (χ1v) is 11.6. The van der Waals surface area contributed by atoms with Crippen LogP contribution in [0.5, 0.6) is 11.5 Å². The van der Waals surface area contributed by atoms with Crippen molar-refractivity contribution in [3.63, 3.8) is 0 Å². The molecule has 0 bridgehead atoms. The quantitative estimate of drug-likeness (QED) is 0.129. The Bertz CT molecular complexity index is 1390. The molecular weight excluding hydrogens is 476 g/mol. The molecule has 4 aromatic rings. The molecule has 0 aliphatic heterocycles. The number of nitrogen functional groups attached to an aromatic ring is 1. The van der Waals surface area contributed by atoms with Crippen LogP contribution in [-0.2, 0) is 4.74 Å². The SMILES string of the molecule is CCOc1cc(C(Nc2ccc(C(=N)N)cc2)c2nn(-c3ncccn3)c(=O)[nH]2)ccc1OCCOC. The molecule has 12 nitrogen and oxygen atoms in total. The molecule has 0 spiro atoms. The zero-order valence-electron chi connectivity index (χ0n) is 20.5. The molecule has 2 aromatic heterocycles. The van der Waals surface area contributed by atoms with Crippen molar-refractivity contribution < 1.29 is 14.2 Å². The van der Waals surface area contributed by atoms with Gasteiger partial charge in [-0.3, -0.25) is 10.4 Å². The van der Waals surface area contributed by atoms with Crippen molar-refractivity contribution in [1.29, 1.82) is 5.41 Å². The summed E-state index contributed by atoms with van der Waals surface area (Å²) in [5, 5.41) is 15.5. The monoisotopic (exact) mass is 504 g/mol. The van der Waals surface area contributed by atoms with E-state index in [2.05, 4.69) is 25.4 Å². The molecule has 0 aliphatic carbocycles. The summed E-state index contributed by atoms with van der Waals surface area (Å²) in [6.45, 7) is 3.13.